The van der Waals surface area contributed by atoms with Crippen LogP contribution in [0.5, 0.6) is 0 Å². The average molecular weight is 597 g/mol. The van der Waals surface area contributed by atoms with Gasteiger partial charge >= 0.3 is 6.09 Å². The molecule has 9 nitrogen and oxygen atoms in total. The van der Waals surface area contributed by atoms with Crippen molar-refractivity contribution in [2.45, 2.75) is 50.9 Å². The van der Waals surface area contributed by atoms with E-state index in [2.05, 4.69) is 27.1 Å². The number of carbonyl (C=O) groups excluding carboxylic acids is 2. The van der Waals surface area contributed by atoms with Crippen LogP contribution in [-0.2, 0) is 14.3 Å². The summed E-state index contributed by atoms with van der Waals surface area (Å²) in [6.45, 7) is 4.74. The minimum atomic E-state index is -0.844. The maximum absolute atomic E-state index is 14.9. The standard InChI is InChI=1S/C31H31F3N4O5/c1-31(2,3)43-30(41)38-16-22(42-18-21(38)17-39)8-9-24-27(34)14-36-15-28(24)37-29(40)12-25(19-4-6-20(32)7-5-19)23-10-11-35-13-26(23)33/h4-7,10-11,13-15,21-22,25,39H,12,16-18H2,1-3H3,(H,37,40)/t21-,22-,25-/m1/s1. The Bertz CT molecular complexity index is 1520. The van der Waals surface area contributed by atoms with E-state index in [1.165, 1.54) is 47.6 Å². The summed E-state index contributed by atoms with van der Waals surface area (Å²) in [7, 11) is 0. The molecule has 226 valence electrons. The number of pyridine rings is 2. The fraction of sp³-hybridized carbons (Fsp3) is 0.355. The lowest BCUT2D eigenvalue weighted by Crippen LogP contribution is -2.54. The smallest absolute Gasteiger partial charge is 0.410 e. The van der Waals surface area contributed by atoms with Crippen LogP contribution in [0, 0.1) is 29.3 Å². The van der Waals surface area contributed by atoms with Crippen molar-refractivity contribution in [1.29, 1.82) is 0 Å². The second-order valence-corrected chi connectivity index (χ2v) is 10.9. The predicted molar refractivity (Wildman–Crippen MR) is 150 cm³/mol. The lowest BCUT2D eigenvalue weighted by Gasteiger charge is -2.37. The van der Waals surface area contributed by atoms with Crippen molar-refractivity contribution in [2.24, 2.45) is 0 Å². The molecule has 0 spiro atoms. The van der Waals surface area contributed by atoms with E-state index in [1.54, 1.807) is 20.8 Å². The van der Waals surface area contributed by atoms with Gasteiger partial charge < -0.3 is 19.9 Å². The molecule has 1 saturated heterocycles. The number of nitrogens with zero attached hydrogens (tertiary/aromatic N) is 3. The largest absolute Gasteiger partial charge is 0.444 e. The van der Waals surface area contributed by atoms with Gasteiger partial charge in [-0.25, -0.2) is 18.0 Å². The van der Waals surface area contributed by atoms with Gasteiger partial charge in [0.1, 0.15) is 23.3 Å². The van der Waals surface area contributed by atoms with Crippen LogP contribution in [0.2, 0.25) is 0 Å². The Balaban J connectivity index is 1.54. The van der Waals surface area contributed by atoms with E-state index in [4.69, 9.17) is 9.47 Å². The summed E-state index contributed by atoms with van der Waals surface area (Å²) in [4.78, 5) is 34.7. The molecule has 3 heterocycles. The first-order valence-corrected chi connectivity index (χ1v) is 13.5. The number of aromatic nitrogens is 2. The molecule has 2 amide bonds. The molecule has 0 bridgehead atoms. The third kappa shape index (κ3) is 8.30. The predicted octanol–water partition coefficient (Wildman–Crippen LogP) is 4.40. The van der Waals surface area contributed by atoms with E-state index < -0.39 is 53.1 Å². The third-order valence-corrected chi connectivity index (χ3v) is 6.50. The van der Waals surface area contributed by atoms with Crippen molar-refractivity contribution in [3.8, 4) is 11.8 Å². The maximum Gasteiger partial charge on any atom is 0.410 e. The lowest BCUT2D eigenvalue weighted by atomic mass is 9.88. The molecular weight excluding hydrogens is 565 g/mol. The minimum absolute atomic E-state index is 0.0200. The number of nitrogens with one attached hydrogen (secondary N) is 1. The number of ether oxygens (including phenoxy) is 2. The quantitative estimate of drug-likeness (QED) is 0.406. The van der Waals surface area contributed by atoms with Crippen LogP contribution in [0.4, 0.5) is 23.7 Å². The Morgan fingerprint density at radius 2 is 1.84 bits per heavy atom. The number of anilines is 1. The summed E-state index contributed by atoms with van der Waals surface area (Å²) in [5, 5.41) is 12.3. The first kappa shape index (κ1) is 31.5. The summed E-state index contributed by atoms with van der Waals surface area (Å²) < 4.78 is 54.2. The van der Waals surface area contributed by atoms with Crippen molar-refractivity contribution < 1.29 is 37.3 Å². The molecular formula is C31H31F3N4O5. The topological polar surface area (TPSA) is 114 Å². The Kier molecular flexibility index (Phi) is 10.0. The number of halogens is 3. The van der Waals surface area contributed by atoms with Crippen LogP contribution in [0.15, 0.2) is 55.1 Å². The minimum Gasteiger partial charge on any atom is -0.444 e. The molecule has 4 rings (SSSR count). The SMILES string of the molecule is CC(C)(C)OC(=O)N1C[C@@H](C#Cc2c(F)cncc2NC(=O)C[C@H](c2ccc(F)cc2)c2ccncc2F)OC[C@H]1CO. The Hall–Kier alpha value is -4.47. The van der Waals surface area contributed by atoms with Crippen LogP contribution in [0.3, 0.4) is 0 Å². The molecule has 3 atom stereocenters. The van der Waals surface area contributed by atoms with Gasteiger partial charge in [0, 0.05) is 18.5 Å². The van der Waals surface area contributed by atoms with Crippen LogP contribution < -0.4 is 5.32 Å². The zero-order valence-corrected chi connectivity index (χ0v) is 23.8. The Labute approximate surface area is 247 Å². The number of hydrogen-bond acceptors (Lipinski definition) is 7. The van der Waals surface area contributed by atoms with E-state index in [1.807, 2.05) is 0 Å². The number of amides is 2. The highest BCUT2D eigenvalue weighted by Crippen LogP contribution is 2.30. The fourth-order valence-electron chi connectivity index (χ4n) is 4.45. The summed E-state index contributed by atoms with van der Waals surface area (Å²) in [6, 6.07) is 6.13. The first-order valence-electron chi connectivity index (χ1n) is 13.5. The molecule has 0 saturated carbocycles. The van der Waals surface area contributed by atoms with Gasteiger partial charge in [-0.05, 0) is 50.1 Å². The van der Waals surface area contributed by atoms with E-state index in [9.17, 15) is 27.9 Å². The second kappa shape index (κ2) is 13.7. The lowest BCUT2D eigenvalue weighted by molar-refractivity contribution is -0.116. The Morgan fingerprint density at radius 3 is 2.51 bits per heavy atom. The molecule has 0 radical (unpaired) electrons. The van der Waals surface area contributed by atoms with Gasteiger partial charge in [0.05, 0.1) is 55.6 Å². The first-order chi connectivity index (χ1) is 20.4. The molecule has 1 aromatic carbocycles. The van der Waals surface area contributed by atoms with Gasteiger partial charge in [-0.1, -0.05) is 24.0 Å². The van der Waals surface area contributed by atoms with Crippen molar-refractivity contribution in [3.05, 3.63) is 89.3 Å². The number of hydrogen-bond donors (Lipinski definition) is 2. The average Bonchev–Trinajstić information content (AvgIpc) is 2.95. The number of aliphatic hydroxyl groups excluding tert-OH is 1. The van der Waals surface area contributed by atoms with Crippen LogP contribution >= 0.6 is 0 Å². The number of carbonyl (C=O) groups is 2. The number of benzene rings is 1. The van der Waals surface area contributed by atoms with Crippen LogP contribution in [0.25, 0.3) is 0 Å². The van der Waals surface area contributed by atoms with Gasteiger partial charge in [0.15, 0.2) is 5.82 Å². The molecule has 2 N–H and O–H groups in total. The molecule has 2 aromatic heterocycles. The number of aliphatic hydroxyl groups is 1. The molecule has 1 fully saturated rings. The van der Waals surface area contributed by atoms with E-state index in [-0.39, 0.29) is 43.0 Å². The van der Waals surface area contributed by atoms with Gasteiger partial charge in [-0.15, -0.1) is 0 Å². The monoisotopic (exact) mass is 596 g/mol. The summed E-state index contributed by atoms with van der Waals surface area (Å²) in [5.74, 6) is 2.11. The number of rotatable bonds is 6. The van der Waals surface area contributed by atoms with Gasteiger partial charge in [-0.3, -0.25) is 19.7 Å². The molecule has 43 heavy (non-hydrogen) atoms. The molecule has 1 aliphatic heterocycles. The molecule has 0 unspecified atom stereocenters. The summed E-state index contributed by atoms with van der Waals surface area (Å²) in [6.07, 6.45) is 2.81. The van der Waals surface area contributed by atoms with Gasteiger partial charge in [0.25, 0.3) is 0 Å². The highest BCUT2D eigenvalue weighted by Gasteiger charge is 2.34. The molecule has 1 aliphatic rings. The summed E-state index contributed by atoms with van der Waals surface area (Å²) >= 11 is 0. The zero-order chi connectivity index (χ0) is 31.1. The van der Waals surface area contributed by atoms with E-state index in [0.29, 0.717) is 5.56 Å². The normalized spacial score (nSPS) is 17.4. The van der Waals surface area contributed by atoms with Gasteiger partial charge in [0.2, 0.25) is 5.91 Å². The van der Waals surface area contributed by atoms with E-state index >= 15 is 0 Å². The van der Waals surface area contributed by atoms with Crippen molar-refractivity contribution in [3.63, 3.8) is 0 Å². The van der Waals surface area contributed by atoms with E-state index in [0.717, 1.165) is 12.4 Å². The number of morpholine rings is 1. The molecule has 3 aromatic rings. The Morgan fingerprint density at radius 1 is 1.12 bits per heavy atom. The third-order valence-electron chi connectivity index (χ3n) is 6.50. The van der Waals surface area contributed by atoms with Crippen LogP contribution in [-0.4, -0.2) is 69.5 Å². The second-order valence-electron chi connectivity index (χ2n) is 10.9. The van der Waals surface area contributed by atoms with Crippen LogP contribution in [0.1, 0.15) is 49.8 Å². The van der Waals surface area contributed by atoms with Crippen molar-refractivity contribution in [1.82, 2.24) is 14.9 Å². The zero-order valence-electron chi connectivity index (χ0n) is 23.8. The van der Waals surface area contributed by atoms with Crippen molar-refractivity contribution >= 4 is 17.7 Å². The van der Waals surface area contributed by atoms with Crippen molar-refractivity contribution in [2.75, 3.05) is 25.1 Å². The highest BCUT2D eigenvalue weighted by molar-refractivity contribution is 5.92. The molecule has 0 aliphatic carbocycles. The summed E-state index contributed by atoms with van der Waals surface area (Å²) in [5.41, 5.74) is -0.293. The molecule has 12 heteroatoms. The maximum atomic E-state index is 14.9. The fourth-order valence-corrected chi connectivity index (χ4v) is 4.45. The highest BCUT2D eigenvalue weighted by atomic mass is 19.1. The van der Waals surface area contributed by atoms with Gasteiger partial charge in [-0.2, -0.15) is 0 Å².